The van der Waals surface area contributed by atoms with Gasteiger partial charge in [-0.1, -0.05) is 0 Å². The number of imidazole rings is 1. The largest absolute Gasteiger partial charge is 0.328 e. The molecule has 0 spiro atoms. The topological polar surface area (TPSA) is 84.2 Å². The van der Waals surface area contributed by atoms with Crippen LogP contribution in [0.1, 0.15) is 60.8 Å². The number of fused-ring (bicyclic) bond motifs is 1. The average Bonchev–Trinajstić information content (AvgIpc) is 3.52. The number of benzene rings is 1. The van der Waals surface area contributed by atoms with E-state index in [-0.39, 0.29) is 17.6 Å². The number of nitrogens with zero attached hydrogens (tertiary/aromatic N) is 6. The Morgan fingerprint density at radius 3 is 2.58 bits per heavy atom. The molecule has 8 nitrogen and oxygen atoms in total. The van der Waals surface area contributed by atoms with Gasteiger partial charge in [-0.05, 0) is 56.1 Å². The molecule has 5 rings (SSSR count). The van der Waals surface area contributed by atoms with Crippen molar-refractivity contribution in [3.8, 4) is 10.8 Å². The quantitative estimate of drug-likeness (QED) is 0.575. The Morgan fingerprint density at radius 2 is 1.94 bits per heavy atom. The molecule has 2 unspecified atom stereocenters. The highest BCUT2D eigenvalue weighted by atomic mass is 32.1. The number of anilines is 1. The Hall–Kier alpha value is -3.21. The van der Waals surface area contributed by atoms with E-state index < -0.39 is 18.0 Å². The van der Waals surface area contributed by atoms with Crippen molar-refractivity contribution in [2.24, 2.45) is 0 Å². The summed E-state index contributed by atoms with van der Waals surface area (Å²) in [4.78, 5) is 38.2. The summed E-state index contributed by atoms with van der Waals surface area (Å²) in [6.07, 6.45) is -0.125. The summed E-state index contributed by atoms with van der Waals surface area (Å²) in [5.41, 5.74) is 1.12. The number of carbonyl (C=O) groups excluding carboxylic acids is 2. The van der Waals surface area contributed by atoms with E-state index in [1.807, 2.05) is 11.5 Å². The van der Waals surface area contributed by atoms with Crippen LogP contribution in [0.5, 0.6) is 0 Å². The van der Waals surface area contributed by atoms with Crippen molar-refractivity contribution in [1.29, 1.82) is 0 Å². The second kappa shape index (κ2) is 8.29. The van der Waals surface area contributed by atoms with E-state index in [0.29, 0.717) is 48.3 Å². The fourth-order valence-corrected chi connectivity index (χ4v) is 5.14. The van der Waals surface area contributed by atoms with Crippen LogP contribution in [0, 0.1) is 5.82 Å². The lowest BCUT2D eigenvalue weighted by Gasteiger charge is -2.36. The molecule has 2 aliphatic rings. The molecule has 1 saturated heterocycles. The number of hydrogen-bond acceptors (Lipinski definition) is 6. The normalized spacial score (nSPS) is 19.2. The van der Waals surface area contributed by atoms with Gasteiger partial charge in [-0.25, -0.2) is 18.7 Å². The number of hydrogen-bond donors (Lipinski definition) is 0. The number of amides is 2. The summed E-state index contributed by atoms with van der Waals surface area (Å²) in [5.74, 6) is 0.469. The van der Waals surface area contributed by atoms with Crippen molar-refractivity contribution in [2.75, 3.05) is 18.0 Å². The third-order valence-corrected chi connectivity index (χ3v) is 6.81. The molecule has 1 fully saturated rings. The molecule has 2 aliphatic heterocycles. The first-order valence-electron chi connectivity index (χ1n) is 10.8. The number of carbonyl (C=O) groups is 2. The lowest BCUT2D eigenvalue weighted by Crippen LogP contribution is -2.42. The molecule has 0 N–H and O–H groups in total. The van der Waals surface area contributed by atoms with Crippen molar-refractivity contribution < 1.29 is 18.4 Å². The van der Waals surface area contributed by atoms with E-state index in [9.17, 15) is 18.4 Å². The van der Waals surface area contributed by atoms with Crippen LogP contribution in [0.2, 0.25) is 0 Å². The number of alkyl halides is 1. The molecule has 0 aliphatic carbocycles. The van der Waals surface area contributed by atoms with Crippen LogP contribution >= 0.6 is 11.5 Å². The highest BCUT2D eigenvalue weighted by Crippen LogP contribution is 2.39. The second-order valence-electron chi connectivity index (χ2n) is 8.20. The SMILES string of the molecule is CC(F)c1nsc(-c2nc(N3CCCC3=O)c3n2CCN(C(=O)c2ccc(F)cc2)C3C)n1. The molecule has 0 radical (unpaired) electrons. The zero-order valence-corrected chi connectivity index (χ0v) is 19.0. The Labute approximate surface area is 193 Å². The summed E-state index contributed by atoms with van der Waals surface area (Å²) in [6, 6.07) is 5.06. The number of halogens is 2. The van der Waals surface area contributed by atoms with Crippen LogP contribution in [-0.2, 0) is 11.3 Å². The second-order valence-corrected chi connectivity index (χ2v) is 8.95. The molecule has 3 aromatic rings. The van der Waals surface area contributed by atoms with E-state index in [1.165, 1.54) is 31.2 Å². The van der Waals surface area contributed by atoms with Crippen LogP contribution in [0.25, 0.3) is 10.8 Å². The zero-order chi connectivity index (χ0) is 23.3. The zero-order valence-electron chi connectivity index (χ0n) is 18.2. The minimum absolute atomic E-state index is 0.0213. The Kier molecular flexibility index (Phi) is 5.43. The maximum Gasteiger partial charge on any atom is 0.254 e. The van der Waals surface area contributed by atoms with Gasteiger partial charge in [0.1, 0.15) is 5.82 Å². The van der Waals surface area contributed by atoms with Gasteiger partial charge in [0.25, 0.3) is 5.91 Å². The van der Waals surface area contributed by atoms with Crippen molar-refractivity contribution in [1.82, 2.24) is 23.8 Å². The molecule has 2 atom stereocenters. The number of aromatic nitrogens is 4. The first-order valence-corrected chi connectivity index (χ1v) is 11.6. The summed E-state index contributed by atoms with van der Waals surface area (Å²) in [7, 11) is 0. The van der Waals surface area contributed by atoms with Crippen LogP contribution in [-0.4, -0.2) is 48.7 Å². The lowest BCUT2D eigenvalue weighted by molar-refractivity contribution is -0.117. The molecule has 0 saturated carbocycles. The Balaban J connectivity index is 1.57. The minimum atomic E-state index is -1.30. The van der Waals surface area contributed by atoms with E-state index in [1.54, 1.807) is 9.80 Å². The third-order valence-electron chi connectivity index (χ3n) is 6.09. The molecular formula is C22H22F2N6O2S. The van der Waals surface area contributed by atoms with E-state index in [2.05, 4.69) is 9.36 Å². The summed E-state index contributed by atoms with van der Waals surface area (Å²) >= 11 is 1.06. The molecule has 0 bridgehead atoms. The van der Waals surface area contributed by atoms with Crippen LogP contribution in [0.3, 0.4) is 0 Å². The lowest BCUT2D eigenvalue weighted by atomic mass is 10.1. The van der Waals surface area contributed by atoms with Gasteiger partial charge in [0.15, 0.2) is 28.6 Å². The predicted octanol–water partition coefficient (Wildman–Crippen LogP) is 3.92. The van der Waals surface area contributed by atoms with Gasteiger partial charge in [0, 0.05) is 31.6 Å². The van der Waals surface area contributed by atoms with Gasteiger partial charge in [-0.3, -0.25) is 14.5 Å². The monoisotopic (exact) mass is 472 g/mol. The van der Waals surface area contributed by atoms with Gasteiger partial charge in [0.05, 0.1) is 11.7 Å². The minimum Gasteiger partial charge on any atom is -0.328 e. The number of rotatable bonds is 4. The van der Waals surface area contributed by atoms with Crippen molar-refractivity contribution in [3.05, 3.63) is 47.2 Å². The van der Waals surface area contributed by atoms with Crippen LogP contribution in [0.15, 0.2) is 24.3 Å². The maximum atomic E-state index is 13.7. The average molecular weight is 473 g/mol. The smallest absolute Gasteiger partial charge is 0.254 e. The molecule has 1 aromatic carbocycles. The van der Waals surface area contributed by atoms with E-state index in [0.717, 1.165) is 23.6 Å². The van der Waals surface area contributed by atoms with Crippen LogP contribution in [0.4, 0.5) is 14.6 Å². The first-order chi connectivity index (χ1) is 15.8. The van der Waals surface area contributed by atoms with Gasteiger partial charge < -0.3 is 9.47 Å². The van der Waals surface area contributed by atoms with Crippen molar-refractivity contribution in [2.45, 2.75) is 45.4 Å². The summed E-state index contributed by atoms with van der Waals surface area (Å²) < 4.78 is 33.1. The highest BCUT2D eigenvalue weighted by Gasteiger charge is 2.38. The van der Waals surface area contributed by atoms with Gasteiger partial charge in [-0.2, -0.15) is 4.37 Å². The molecule has 4 heterocycles. The van der Waals surface area contributed by atoms with Crippen LogP contribution < -0.4 is 4.90 Å². The maximum absolute atomic E-state index is 13.7. The molecule has 172 valence electrons. The van der Waals surface area contributed by atoms with E-state index >= 15 is 0 Å². The van der Waals surface area contributed by atoms with Crippen molar-refractivity contribution >= 4 is 29.2 Å². The fraction of sp³-hybridized carbons (Fsp3) is 0.409. The highest BCUT2D eigenvalue weighted by molar-refractivity contribution is 7.09. The van der Waals surface area contributed by atoms with Gasteiger partial charge in [0.2, 0.25) is 5.91 Å². The Bertz CT molecular complexity index is 1220. The summed E-state index contributed by atoms with van der Waals surface area (Å²) in [5, 5.41) is 0.471. The van der Waals surface area contributed by atoms with Gasteiger partial charge >= 0.3 is 0 Å². The molecule has 2 amide bonds. The first kappa shape index (κ1) is 21.6. The third kappa shape index (κ3) is 3.69. The summed E-state index contributed by atoms with van der Waals surface area (Å²) in [6.45, 7) is 4.63. The predicted molar refractivity (Wildman–Crippen MR) is 118 cm³/mol. The van der Waals surface area contributed by atoms with E-state index in [4.69, 9.17) is 4.98 Å². The van der Waals surface area contributed by atoms with Gasteiger partial charge in [-0.15, -0.1) is 0 Å². The molecule has 2 aromatic heterocycles. The molecule has 11 heteroatoms. The standard InChI is InChI=1S/C22H22F2N6O2S/c1-12(23)18-25-21(33-27-18)20-26-19(29-9-3-4-16(29)31)17-13(2)28(10-11-30(17)20)22(32)14-5-7-15(24)8-6-14/h5-8,12-13H,3-4,9-11H2,1-2H3. The fourth-order valence-electron chi connectivity index (χ4n) is 4.40. The molecule has 33 heavy (non-hydrogen) atoms. The Morgan fingerprint density at radius 1 is 1.18 bits per heavy atom. The molecular weight excluding hydrogens is 450 g/mol. The van der Waals surface area contributed by atoms with Crippen molar-refractivity contribution in [3.63, 3.8) is 0 Å².